The van der Waals surface area contributed by atoms with E-state index >= 15 is 0 Å². The molecule has 0 aliphatic heterocycles. The molecule has 2 N–H and O–H groups in total. The Labute approximate surface area is 123 Å². The van der Waals surface area contributed by atoms with Gasteiger partial charge in [-0.3, -0.25) is 0 Å². The second-order valence-corrected chi connectivity index (χ2v) is 5.33. The molecule has 0 aromatic heterocycles. The van der Waals surface area contributed by atoms with Crippen LogP contribution in [0.15, 0.2) is 36.4 Å². The normalized spacial score (nSPS) is 12.3. The predicted molar refractivity (Wildman–Crippen MR) is 80.3 cm³/mol. The Morgan fingerprint density at radius 2 is 1.74 bits per heavy atom. The van der Waals surface area contributed by atoms with Gasteiger partial charge in [0, 0.05) is 11.1 Å². The van der Waals surface area contributed by atoms with Crippen molar-refractivity contribution in [3.63, 3.8) is 0 Å². The first-order valence-electron chi connectivity index (χ1n) is 5.96. The van der Waals surface area contributed by atoms with Gasteiger partial charge < -0.3 is 10.5 Å². The van der Waals surface area contributed by atoms with Crippen molar-refractivity contribution >= 4 is 23.2 Å². The van der Waals surface area contributed by atoms with E-state index in [9.17, 15) is 0 Å². The van der Waals surface area contributed by atoms with Gasteiger partial charge in [0.1, 0.15) is 11.5 Å². The molecular weight excluding hydrogens is 281 g/mol. The van der Waals surface area contributed by atoms with Crippen molar-refractivity contribution in [1.82, 2.24) is 0 Å². The molecule has 0 heterocycles. The van der Waals surface area contributed by atoms with Crippen LogP contribution in [0.2, 0.25) is 10.0 Å². The van der Waals surface area contributed by atoms with Gasteiger partial charge in [-0.2, -0.15) is 0 Å². The third-order valence-corrected chi connectivity index (χ3v) is 3.37. The van der Waals surface area contributed by atoms with Crippen molar-refractivity contribution in [3.05, 3.63) is 57.6 Å². The second-order valence-electron chi connectivity index (χ2n) is 4.49. The number of hydrogen-bond acceptors (Lipinski definition) is 2. The number of halogens is 2. The quantitative estimate of drug-likeness (QED) is 0.853. The maximum absolute atomic E-state index is 6.20. The van der Waals surface area contributed by atoms with E-state index in [0.717, 1.165) is 16.9 Å². The molecule has 2 aromatic carbocycles. The molecule has 0 aliphatic carbocycles. The summed E-state index contributed by atoms with van der Waals surface area (Å²) in [7, 11) is 0. The highest BCUT2D eigenvalue weighted by Gasteiger charge is 2.08. The van der Waals surface area contributed by atoms with E-state index in [1.165, 1.54) is 0 Å². The Bertz CT molecular complexity index is 597. The molecule has 2 rings (SSSR count). The zero-order valence-corrected chi connectivity index (χ0v) is 12.3. The summed E-state index contributed by atoms with van der Waals surface area (Å²) in [5.41, 5.74) is 7.75. The Kier molecular flexibility index (Phi) is 4.35. The average Bonchev–Trinajstić information content (AvgIpc) is 2.34. The summed E-state index contributed by atoms with van der Waals surface area (Å²) in [5, 5.41) is 1.23. The number of aryl methyl sites for hydroxylation is 1. The number of ether oxygens (including phenoxy) is 1. The van der Waals surface area contributed by atoms with Gasteiger partial charge in [-0.25, -0.2) is 0 Å². The lowest BCUT2D eigenvalue weighted by Gasteiger charge is -2.12. The third kappa shape index (κ3) is 3.41. The van der Waals surface area contributed by atoms with Gasteiger partial charge in [0.2, 0.25) is 0 Å². The Hall–Kier alpha value is -1.22. The van der Waals surface area contributed by atoms with Crippen molar-refractivity contribution in [1.29, 1.82) is 0 Å². The van der Waals surface area contributed by atoms with E-state index in [0.29, 0.717) is 15.8 Å². The molecular formula is C15H15Cl2NO. The fourth-order valence-electron chi connectivity index (χ4n) is 1.73. The Morgan fingerprint density at radius 1 is 1.05 bits per heavy atom. The second kappa shape index (κ2) is 5.83. The summed E-state index contributed by atoms with van der Waals surface area (Å²) in [4.78, 5) is 0. The van der Waals surface area contributed by atoms with Crippen LogP contribution in [0, 0.1) is 6.92 Å². The van der Waals surface area contributed by atoms with Crippen LogP contribution in [0.5, 0.6) is 11.5 Å². The van der Waals surface area contributed by atoms with Crippen LogP contribution in [-0.4, -0.2) is 0 Å². The summed E-state index contributed by atoms with van der Waals surface area (Å²) in [6.45, 7) is 3.85. The molecule has 0 bridgehead atoms. The maximum Gasteiger partial charge on any atom is 0.146 e. The fourth-order valence-corrected chi connectivity index (χ4v) is 2.18. The molecule has 2 nitrogen and oxygen atoms in total. The molecule has 0 radical (unpaired) electrons. The van der Waals surface area contributed by atoms with Crippen LogP contribution in [-0.2, 0) is 0 Å². The highest BCUT2D eigenvalue weighted by Crippen LogP contribution is 2.33. The molecule has 0 amide bonds. The van der Waals surface area contributed by atoms with Crippen molar-refractivity contribution in [2.75, 3.05) is 0 Å². The molecule has 4 heteroatoms. The lowest BCUT2D eigenvalue weighted by atomic mass is 10.1. The molecule has 0 unspecified atom stereocenters. The summed E-state index contributed by atoms with van der Waals surface area (Å²) in [6.07, 6.45) is 0. The van der Waals surface area contributed by atoms with Gasteiger partial charge in [0.15, 0.2) is 0 Å². The summed E-state index contributed by atoms with van der Waals surface area (Å²) >= 11 is 12.1. The van der Waals surface area contributed by atoms with Crippen molar-refractivity contribution < 1.29 is 4.74 Å². The first-order chi connectivity index (χ1) is 8.97. The minimum Gasteiger partial charge on any atom is -0.456 e. The molecule has 0 saturated carbocycles. The molecule has 100 valence electrons. The first-order valence-corrected chi connectivity index (χ1v) is 6.72. The minimum atomic E-state index is -0.0520. The highest BCUT2D eigenvalue weighted by atomic mass is 35.5. The summed E-state index contributed by atoms with van der Waals surface area (Å²) in [6, 6.07) is 11.0. The first kappa shape index (κ1) is 14.2. The van der Waals surface area contributed by atoms with Crippen LogP contribution in [0.1, 0.15) is 24.1 Å². The summed E-state index contributed by atoms with van der Waals surface area (Å²) in [5.74, 6) is 1.34. The van der Waals surface area contributed by atoms with Gasteiger partial charge in [-0.15, -0.1) is 0 Å². The molecule has 0 aliphatic rings. The highest BCUT2D eigenvalue weighted by molar-refractivity contribution is 6.32. The summed E-state index contributed by atoms with van der Waals surface area (Å²) < 4.78 is 5.80. The van der Waals surface area contributed by atoms with Gasteiger partial charge >= 0.3 is 0 Å². The van der Waals surface area contributed by atoms with E-state index in [2.05, 4.69) is 0 Å². The standard InChI is InChI=1S/C15H15Cl2NO/c1-9-7-12(16)4-6-14(9)19-15-5-3-11(10(2)18)8-13(15)17/h3-8,10H,18H2,1-2H3/t10-/m1/s1. The molecule has 19 heavy (non-hydrogen) atoms. The van der Waals surface area contributed by atoms with Gasteiger partial charge in [0.25, 0.3) is 0 Å². The van der Waals surface area contributed by atoms with Crippen molar-refractivity contribution in [3.8, 4) is 11.5 Å². The van der Waals surface area contributed by atoms with Crippen LogP contribution in [0.3, 0.4) is 0 Å². The molecule has 0 spiro atoms. The van der Waals surface area contributed by atoms with E-state index < -0.39 is 0 Å². The topological polar surface area (TPSA) is 35.2 Å². The van der Waals surface area contributed by atoms with Crippen LogP contribution in [0.4, 0.5) is 0 Å². The molecule has 0 saturated heterocycles. The lowest BCUT2D eigenvalue weighted by molar-refractivity contribution is 0.479. The lowest BCUT2D eigenvalue weighted by Crippen LogP contribution is -2.04. The van der Waals surface area contributed by atoms with E-state index in [-0.39, 0.29) is 6.04 Å². The van der Waals surface area contributed by atoms with Gasteiger partial charge in [-0.1, -0.05) is 29.3 Å². The number of nitrogens with two attached hydrogens (primary N) is 1. The van der Waals surface area contributed by atoms with Crippen LogP contribution < -0.4 is 10.5 Å². The zero-order chi connectivity index (χ0) is 14.0. The Morgan fingerprint density at radius 3 is 2.32 bits per heavy atom. The molecule has 2 aromatic rings. The zero-order valence-electron chi connectivity index (χ0n) is 10.8. The van der Waals surface area contributed by atoms with Crippen LogP contribution in [0.25, 0.3) is 0 Å². The third-order valence-electron chi connectivity index (χ3n) is 2.84. The van der Waals surface area contributed by atoms with Crippen molar-refractivity contribution in [2.24, 2.45) is 5.73 Å². The van der Waals surface area contributed by atoms with E-state index in [1.54, 1.807) is 6.07 Å². The van der Waals surface area contributed by atoms with Gasteiger partial charge in [0.05, 0.1) is 5.02 Å². The molecule has 1 atom stereocenters. The maximum atomic E-state index is 6.20. The molecule has 0 fully saturated rings. The largest absolute Gasteiger partial charge is 0.456 e. The number of rotatable bonds is 3. The Balaban J connectivity index is 2.28. The van der Waals surface area contributed by atoms with E-state index in [1.807, 2.05) is 44.2 Å². The SMILES string of the molecule is Cc1cc(Cl)ccc1Oc1ccc([C@@H](C)N)cc1Cl. The van der Waals surface area contributed by atoms with Crippen molar-refractivity contribution in [2.45, 2.75) is 19.9 Å². The predicted octanol–water partition coefficient (Wildman–Crippen LogP) is 5.11. The monoisotopic (exact) mass is 295 g/mol. The smallest absolute Gasteiger partial charge is 0.146 e. The number of benzene rings is 2. The van der Waals surface area contributed by atoms with Crippen LogP contribution >= 0.6 is 23.2 Å². The van der Waals surface area contributed by atoms with Gasteiger partial charge in [-0.05, 0) is 55.3 Å². The number of hydrogen-bond donors (Lipinski definition) is 1. The van der Waals surface area contributed by atoms with E-state index in [4.69, 9.17) is 33.7 Å². The minimum absolute atomic E-state index is 0.0520. The average molecular weight is 296 g/mol. The fraction of sp³-hybridized carbons (Fsp3) is 0.200.